The number of ether oxygens (including phenoxy) is 2. The van der Waals surface area contributed by atoms with Crippen LogP contribution < -0.4 is 10.1 Å². The molecule has 1 saturated heterocycles. The Bertz CT molecular complexity index is 856. The number of anilines is 1. The van der Waals surface area contributed by atoms with E-state index in [4.69, 9.17) is 9.47 Å². The molecule has 0 radical (unpaired) electrons. The second-order valence-corrected chi connectivity index (χ2v) is 8.19. The average molecular weight is 414 g/mol. The quantitative estimate of drug-likeness (QED) is 0.541. The Hall–Kier alpha value is -2.90. The normalized spacial score (nSPS) is 27.7. The molecule has 3 amide bonds. The summed E-state index contributed by atoms with van der Waals surface area (Å²) in [4.78, 5) is 51.4. The van der Waals surface area contributed by atoms with Crippen LogP contribution in [0.1, 0.15) is 33.1 Å². The standard InChI is InChI=1S/C22H26N2O6/c1-3-29-16-7-5-4-6-15(16)23-17(25)11-30-22(28)12(2)24-20(26)18-13-8-9-14(10-13)19(18)21(24)27/h4-7,12-14,18-19H,3,8-11H2,1-2H3,(H,23,25)/t12-,13+,14+,18+,19+/m1/s1. The Morgan fingerprint density at radius 2 is 1.77 bits per heavy atom. The molecule has 1 heterocycles. The number of esters is 1. The fourth-order valence-electron chi connectivity index (χ4n) is 5.21. The summed E-state index contributed by atoms with van der Waals surface area (Å²) in [5.41, 5.74) is 0.474. The summed E-state index contributed by atoms with van der Waals surface area (Å²) in [6, 6.07) is 5.90. The van der Waals surface area contributed by atoms with Gasteiger partial charge in [-0.15, -0.1) is 0 Å². The third-order valence-electron chi connectivity index (χ3n) is 6.50. The molecule has 1 aliphatic heterocycles. The van der Waals surface area contributed by atoms with Crippen LogP contribution in [0.15, 0.2) is 24.3 Å². The van der Waals surface area contributed by atoms with Gasteiger partial charge in [-0.25, -0.2) is 4.79 Å². The molecular weight excluding hydrogens is 388 g/mol. The first kappa shape index (κ1) is 20.4. The maximum atomic E-state index is 12.8. The van der Waals surface area contributed by atoms with Crippen LogP contribution in [0.3, 0.4) is 0 Å². The molecule has 1 aromatic carbocycles. The Labute approximate surface area is 174 Å². The number of imide groups is 1. The SMILES string of the molecule is CCOc1ccccc1NC(=O)COC(=O)[C@@H](C)N1C(=O)[C@H]2[C@H]3CC[C@@H](C3)[C@@H]2C1=O. The summed E-state index contributed by atoms with van der Waals surface area (Å²) in [6.07, 6.45) is 2.88. The highest BCUT2D eigenvalue weighted by atomic mass is 16.5. The van der Waals surface area contributed by atoms with Crippen molar-refractivity contribution in [2.24, 2.45) is 23.7 Å². The zero-order chi connectivity index (χ0) is 21.4. The summed E-state index contributed by atoms with van der Waals surface area (Å²) >= 11 is 0. The number of benzene rings is 1. The lowest BCUT2D eigenvalue weighted by atomic mass is 9.81. The summed E-state index contributed by atoms with van der Waals surface area (Å²) < 4.78 is 10.5. The van der Waals surface area contributed by atoms with Crippen LogP contribution >= 0.6 is 0 Å². The van der Waals surface area contributed by atoms with Crippen LogP contribution in [0, 0.1) is 23.7 Å². The fraction of sp³-hybridized carbons (Fsp3) is 0.545. The Morgan fingerprint density at radius 3 is 2.40 bits per heavy atom. The molecule has 2 bridgehead atoms. The number of hydrogen-bond donors (Lipinski definition) is 1. The molecule has 0 unspecified atom stereocenters. The van der Waals surface area contributed by atoms with Crippen molar-refractivity contribution in [2.45, 2.75) is 39.2 Å². The second kappa shape index (κ2) is 8.08. The number of nitrogens with one attached hydrogen (secondary N) is 1. The van der Waals surface area contributed by atoms with Gasteiger partial charge in [0.25, 0.3) is 5.91 Å². The topological polar surface area (TPSA) is 102 Å². The van der Waals surface area contributed by atoms with Gasteiger partial charge in [0.15, 0.2) is 6.61 Å². The zero-order valence-corrected chi connectivity index (χ0v) is 17.1. The molecule has 0 aromatic heterocycles. The number of likely N-dealkylation sites (tertiary alicyclic amines) is 1. The lowest BCUT2D eigenvalue weighted by Gasteiger charge is -2.23. The first-order valence-electron chi connectivity index (χ1n) is 10.5. The molecule has 1 N–H and O–H groups in total. The van der Waals surface area contributed by atoms with Crippen molar-refractivity contribution in [1.29, 1.82) is 0 Å². The number of carbonyl (C=O) groups excluding carboxylic acids is 4. The molecule has 8 nitrogen and oxygen atoms in total. The second-order valence-electron chi connectivity index (χ2n) is 8.19. The Morgan fingerprint density at radius 1 is 1.13 bits per heavy atom. The van der Waals surface area contributed by atoms with Crippen molar-refractivity contribution >= 4 is 29.4 Å². The van der Waals surface area contributed by atoms with Crippen LogP contribution in [0.4, 0.5) is 5.69 Å². The molecule has 8 heteroatoms. The van der Waals surface area contributed by atoms with Gasteiger partial charge in [0.05, 0.1) is 24.1 Å². The van der Waals surface area contributed by atoms with E-state index in [0.29, 0.717) is 18.0 Å². The van der Waals surface area contributed by atoms with E-state index >= 15 is 0 Å². The van der Waals surface area contributed by atoms with E-state index < -0.39 is 24.5 Å². The minimum absolute atomic E-state index is 0.251. The highest BCUT2D eigenvalue weighted by Crippen LogP contribution is 2.56. The average Bonchev–Trinajstić information content (AvgIpc) is 3.41. The van der Waals surface area contributed by atoms with Gasteiger partial charge in [-0.2, -0.15) is 0 Å². The minimum Gasteiger partial charge on any atom is -0.492 e. The molecule has 4 rings (SSSR count). The van der Waals surface area contributed by atoms with Gasteiger partial charge in [-0.3, -0.25) is 19.3 Å². The van der Waals surface area contributed by atoms with E-state index in [9.17, 15) is 19.2 Å². The van der Waals surface area contributed by atoms with Crippen LogP contribution in [0.2, 0.25) is 0 Å². The van der Waals surface area contributed by atoms with Crippen molar-refractivity contribution in [3.63, 3.8) is 0 Å². The van der Waals surface area contributed by atoms with Crippen LogP contribution in [0.25, 0.3) is 0 Å². The first-order valence-corrected chi connectivity index (χ1v) is 10.5. The fourth-order valence-corrected chi connectivity index (χ4v) is 5.21. The van der Waals surface area contributed by atoms with Crippen LogP contribution in [-0.2, 0) is 23.9 Å². The van der Waals surface area contributed by atoms with Crippen LogP contribution in [0.5, 0.6) is 5.75 Å². The van der Waals surface area contributed by atoms with Gasteiger partial charge < -0.3 is 14.8 Å². The third kappa shape index (κ3) is 3.44. The Balaban J connectivity index is 1.34. The van der Waals surface area contributed by atoms with E-state index in [0.717, 1.165) is 24.2 Å². The van der Waals surface area contributed by atoms with Crippen molar-refractivity contribution in [1.82, 2.24) is 4.90 Å². The number of carbonyl (C=O) groups is 4. The summed E-state index contributed by atoms with van der Waals surface area (Å²) in [5.74, 6) is -1.39. The molecule has 0 spiro atoms. The molecule has 30 heavy (non-hydrogen) atoms. The van der Waals surface area contributed by atoms with E-state index in [2.05, 4.69) is 5.32 Å². The van der Waals surface area contributed by atoms with Crippen molar-refractivity contribution in [2.75, 3.05) is 18.5 Å². The minimum atomic E-state index is -1.04. The number of nitrogens with zero attached hydrogens (tertiary/aromatic N) is 1. The van der Waals surface area contributed by atoms with E-state index in [-0.39, 0.29) is 35.5 Å². The lowest BCUT2D eigenvalue weighted by Crippen LogP contribution is -2.45. The molecule has 160 valence electrons. The third-order valence-corrected chi connectivity index (χ3v) is 6.50. The van der Waals surface area contributed by atoms with E-state index in [1.165, 1.54) is 6.92 Å². The van der Waals surface area contributed by atoms with Gasteiger partial charge in [-0.1, -0.05) is 12.1 Å². The van der Waals surface area contributed by atoms with E-state index in [1.807, 2.05) is 6.92 Å². The number of para-hydroxylation sites is 2. The van der Waals surface area contributed by atoms with Gasteiger partial charge in [0.2, 0.25) is 11.8 Å². The molecule has 1 aromatic rings. The van der Waals surface area contributed by atoms with Crippen molar-refractivity contribution in [3.05, 3.63) is 24.3 Å². The summed E-state index contributed by atoms with van der Waals surface area (Å²) in [6.45, 7) is 3.24. The highest BCUT2D eigenvalue weighted by Gasteiger charge is 2.62. The zero-order valence-electron chi connectivity index (χ0n) is 17.1. The molecule has 2 aliphatic carbocycles. The van der Waals surface area contributed by atoms with Gasteiger partial charge in [0.1, 0.15) is 11.8 Å². The molecule has 5 atom stereocenters. The monoisotopic (exact) mass is 414 g/mol. The molecule has 2 saturated carbocycles. The number of rotatable bonds is 7. The number of fused-ring (bicyclic) bond motifs is 5. The van der Waals surface area contributed by atoms with Gasteiger partial charge >= 0.3 is 5.97 Å². The van der Waals surface area contributed by atoms with E-state index in [1.54, 1.807) is 24.3 Å². The first-order chi connectivity index (χ1) is 14.4. The largest absolute Gasteiger partial charge is 0.492 e. The van der Waals surface area contributed by atoms with Crippen molar-refractivity contribution < 1.29 is 28.7 Å². The Kier molecular flexibility index (Phi) is 5.49. The maximum Gasteiger partial charge on any atom is 0.329 e. The molecule has 3 aliphatic rings. The highest BCUT2D eigenvalue weighted by molar-refractivity contribution is 6.08. The number of amides is 3. The number of hydrogen-bond acceptors (Lipinski definition) is 6. The predicted molar refractivity (Wildman–Crippen MR) is 106 cm³/mol. The summed E-state index contributed by atoms with van der Waals surface area (Å²) in [7, 11) is 0. The van der Waals surface area contributed by atoms with Gasteiger partial charge in [-0.05, 0) is 57.1 Å². The van der Waals surface area contributed by atoms with Crippen molar-refractivity contribution in [3.8, 4) is 5.75 Å². The van der Waals surface area contributed by atoms with Gasteiger partial charge in [0, 0.05) is 0 Å². The smallest absolute Gasteiger partial charge is 0.329 e. The molecular formula is C22H26N2O6. The van der Waals surface area contributed by atoms with Crippen LogP contribution in [-0.4, -0.2) is 47.8 Å². The molecule has 3 fully saturated rings. The maximum absolute atomic E-state index is 12.8. The lowest BCUT2D eigenvalue weighted by molar-refractivity contribution is -0.159. The predicted octanol–water partition coefficient (Wildman–Crippen LogP) is 1.99. The summed E-state index contributed by atoms with van der Waals surface area (Å²) in [5, 5.41) is 2.64.